The molecule has 0 saturated carbocycles. The quantitative estimate of drug-likeness (QED) is 0.812. The van der Waals surface area contributed by atoms with E-state index in [4.69, 9.17) is 0 Å². The lowest BCUT2D eigenvalue weighted by Gasteiger charge is -2.12. The molecule has 0 aliphatic rings. The van der Waals surface area contributed by atoms with Gasteiger partial charge in [-0.3, -0.25) is 9.48 Å². The van der Waals surface area contributed by atoms with Crippen molar-refractivity contribution in [2.24, 2.45) is 0 Å². The van der Waals surface area contributed by atoms with Gasteiger partial charge in [0, 0.05) is 18.5 Å². The van der Waals surface area contributed by atoms with Crippen LogP contribution in [0.1, 0.15) is 18.7 Å². The summed E-state index contributed by atoms with van der Waals surface area (Å²) >= 11 is 3.91. The number of hydrogen-bond donors (Lipinski definition) is 2. The van der Waals surface area contributed by atoms with Crippen molar-refractivity contribution >= 4 is 18.5 Å². The molecule has 0 aliphatic heterocycles. The van der Waals surface area contributed by atoms with E-state index < -0.39 is 23.8 Å². The number of hydrogen-bond acceptors (Lipinski definition) is 3. The van der Waals surface area contributed by atoms with Gasteiger partial charge in [0.05, 0.1) is 0 Å². The third-order valence-corrected chi connectivity index (χ3v) is 2.31. The lowest BCUT2D eigenvalue weighted by Crippen LogP contribution is -2.32. The van der Waals surface area contributed by atoms with Crippen LogP contribution in [0.3, 0.4) is 0 Å². The van der Waals surface area contributed by atoms with E-state index in [-0.39, 0.29) is 0 Å². The van der Waals surface area contributed by atoms with Gasteiger partial charge in [0.25, 0.3) is 0 Å². The zero-order valence-corrected chi connectivity index (χ0v) is 9.92. The van der Waals surface area contributed by atoms with Gasteiger partial charge in [-0.2, -0.15) is 30.9 Å². The van der Waals surface area contributed by atoms with E-state index in [1.807, 2.05) is 0 Å². The van der Waals surface area contributed by atoms with Crippen LogP contribution < -0.4 is 5.32 Å². The second-order valence-electron chi connectivity index (χ2n) is 3.37. The maximum atomic E-state index is 12.3. The Morgan fingerprint density at radius 3 is 2.76 bits per heavy atom. The molecule has 0 bridgehead atoms. The van der Waals surface area contributed by atoms with Crippen LogP contribution in [0.5, 0.6) is 0 Å². The van der Waals surface area contributed by atoms with E-state index in [1.165, 1.54) is 6.92 Å². The van der Waals surface area contributed by atoms with Crippen LogP contribution in [0.15, 0.2) is 12.3 Å². The van der Waals surface area contributed by atoms with Gasteiger partial charge in [-0.15, -0.1) is 0 Å². The number of amides is 1. The first-order chi connectivity index (χ1) is 7.86. The Balaban J connectivity index is 2.73. The van der Waals surface area contributed by atoms with Gasteiger partial charge in [-0.25, -0.2) is 0 Å². The van der Waals surface area contributed by atoms with Crippen LogP contribution in [-0.2, 0) is 11.0 Å². The van der Waals surface area contributed by atoms with Crippen molar-refractivity contribution in [3.05, 3.63) is 18.0 Å². The van der Waals surface area contributed by atoms with Crippen LogP contribution in [0.4, 0.5) is 13.2 Å². The first-order valence-electron chi connectivity index (χ1n) is 4.87. The SMILES string of the molecule is CC(C(=O)NCCS)n1ccc(C(F)(F)F)n1. The summed E-state index contributed by atoms with van der Waals surface area (Å²) in [6, 6.07) is 0.0496. The maximum absolute atomic E-state index is 12.3. The minimum absolute atomic E-state index is 0.361. The van der Waals surface area contributed by atoms with Gasteiger partial charge in [0.1, 0.15) is 6.04 Å². The molecule has 1 aromatic heterocycles. The highest BCUT2D eigenvalue weighted by atomic mass is 32.1. The lowest BCUT2D eigenvalue weighted by atomic mass is 10.3. The molecule has 8 heteroatoms. The van der Waals surface area contributed by atoms with E-state index in [2.05, 4.69) is 23.0 Å². The second-order valence-corrected chi connectivity index (χ2v) is 3.82. The van der Waals surface area contributed by atoms with Crippen molar-refractivity contribution in [2.45, 2.75) is 19.1 Å². The summed E-state index contributed by atoms with van der Waals surface area (Å²) in [5.41, 5.74) is -1.01. The summed E-state index contributed by atoms with van der Waals surface area (Å²) < 4.78 is 37.8. The number of aromatic nitrogens is 2. The van der Waals surface area contributed by atoms with Gasteiger partial charge in [-0.1, -0.05) is 0 Å². The number of carbonyl (C=O) groups excluding carboxylic acids is 1. The Morgan fingerprint density at radius 1 is 1.65 bits per heavy atom. The Morgan fingerprint density at radius 2 is 2.29 bits per heavy atom. The number of nitrogens with zero attached hydrogens (tertiary/aromatic N) is 2. The third-order valence-electron chi connectivity index (χ3n) is 2.09. The largest absolute Gasteiger partial charge is 0.435 e. The summed E-state index contributed by atoms with van der Waals surface area (Å²) in [7, 11) is 0. The number of halogens is 3. The van der Waals surface area contributed by atoms with Crippen molar-refractivity contribution < 1.29 is 18.0 Å². The summed E-state index contributed by atoms with van der Waals surface area (Å²) in [6.07, 6.45) is -3.36. The fraction of sp³-hybridized carbons (Fsp3) is 0.556. The Labute approximate surface area is 102 Å². The van der Waals surface area contributed by atoms with Crippen molar-refractivity contribution in [3.8, 4) is 0 Å². The van der Waals surface area contributed by atoms with Gasteiger partial charge in [0.15, 0.2) is 5.69 Å². The van der Waals surface area contributed by atoms with Crippen molar-refractivity contribution in [1.82, 2.24) is 15.1 Å². The van der Waals surface area contributed by atoms with Crippen LogP contribution in [0.2, 0.25) is 0 Å². The van der Waals surface area contributed by atoms with Crippen LogP contribution in [0.25, 0.3) is 0 Å². The normalized spacial score (nSPS) is 13.5. The predicted octanol–water partition coefficient (Wildman–Crippen LogP) is 1.51. The first-order valence-corrected chi connectivity index (χ1v) is 5.50. The van der Waals surface area contributed by atoms with E-state index in [0.717, 1.165) is 16.9 Å². The van der Waals surface area contributed by atoms with Gasteiger partial charge in [-0.05, 0) is 13.0 Å². The van der Waals surface area contributed by atoms with E-state index >= 15 is 0 Å². The van der Waals surface area contributed by atoms with Crippen molar-refractivity contribution in [3.63, 3.8) is 0 Å². The molecule has 1 atom stereocenters. The molecule has 0 aromatic carbocycles. The average Bonchev–Trinajstić information content (AvgIpc) is 2.73. The molecule has 1 aromatic rings. The van der Waals surface area contributed by atoms with Crippen LogP contribution in [0, 0.1) is 0 Å². The van der Waals surface area contributed by atoms with Gasteiger partial charge >= 0.3 is 6.18 Å². The molecule has 1 N–H and O–H groups in total. The molecule has 4 nitrogen and oxygen atoms in total. The molecule has 0 fully saturated rings. The molecular weight excluding hydrogens is 255 g/mol. The molecule has 1 rings (SSSR count). The molecule has 0 radical (unpaired) electrons. The Bertz CT molecular complexity index is 391. The van der Waals surface area contributed by atoms with Crippen molar-refractivity contribution in [2.75, 3.05) is 12.3 Å². The summed E-state index contributed by atoms with van der Waals surface area (Å²) in [5.74, 6) is 0.0710. The smallest absolute Gasteiger partial charge is 0.353 e. The highest BCUT2D eigenvalue weighted by Crippen LogP contribution is 2.27. The van der Waals surface area contributed by atoms with Crippen LogP contribution in [-0.4, -0.2) is 28.0 Å². The first kappa shape index (κ1) is 13.9. The summed E-state index contributed by atoms with van der Waals surface area (Å²) in [5, 5.41) is 5.84. The van der Waals surface area contributed by atoms with E-state index in [9.17, 15) is 18.0 Å². The fourth-order valence-corrected chi connectivity index (χ4v) is 1.26. The molecule has 1 amide bonds. The molecule has 96 valence electrons. The average molecular weight is 267 g/mol. The topological polar surface area (TPSA) is 46.9 Å². The van der Waals surface area contributed by atoms with E-state index in [0.29, 0.717) is 12.3 Å². The molecule has 1 unspecified atom stereocenters. The predicted molar refractivity (Wildman–Crippen MR) is 58.8 cm³/mol. The molecule has 17 heavy (non-hydrogen) atoms. The number of nitrogens with one attached hydrogen (secondary N) is 1. The highest BCUT2D eigenvalue weighted by molar-refractivity contribution is 7.80. The molecule has 0 spiro atoms. The highest BCUT2D eigenvalue weighted by Gasteiger charge is 2.34. The van der Waals surface area contributed by atoms with Gasteiger partial charge in [0.2, 0.25) is 5.91 Å². The number of thiol groups is 1. The number of carbonyl (C=O) groups is 1. The molecule has 1 heterocycles. The fourth-order valence-electron chi connectivity index (χ4n) is 1.15. The van der Waals surface area contributed by atoms with Crippen molar-refractivity contribution in [1.29, 1.82) is 0 Å². The number of rotatable bonds is 4. The molecule has 0 aliphatic carbocycles. The lowest BCUT2D eigenvalue weighted by molar-refractivity contribution is -0.142. The minimum atomic E-state index is -4.49. The molecular formula is C9H12F3N3OS. The Kier molecular flexibility index (Phi) is 4.44. The number of alkyl halides is 3. The second kappa shape index (κ2) is 5.44. The monoisotopic (exact) mass is 267 g/mol. The summed E-state index contributed by atoms with van der Waals surface area (Å²) in [6.45, 7) is 1.83. The zero-order chi connectivity index (χ0) is 13.1. The Hall–Kier alpha value is -1.18. The standard InChI is InChI=1S/C9H12F3N3OS/c1-6(8(16)13-3-5-17)15-4-2-7(14-15)9(10,11)12/h2,4,6,17H,3,5H2,1H3,(H,13,16). The maximum Gasteiger partial charge on any atom is 0.435 e. The molecule has 0 saturated heterocycles. The van der Waals surface area contributed by atoms with Crippen LogP contribution >= 0.6 is 12.6 Å². The third kappa shape index (κ3) is 3.65. The zero-order valence-electron chi connectivity index (χ0n) is 9.03. The summed E-state index contributed by atoms with van der Waals surface area (Å²) in [4.78, 5) is 11.5. The minimum Gasteiger partial charge on any atom is -0.353 e. The van der Waals surface area contributed by atoms with E-state index in [1.54, 1.807) is 0 Å². The van der Waals surface area contributed by atoms with Gasteiger partial charge < -0.3 is 5.32 Å².